The highest BCUT2D eigenvalue weighted by Gasteiger charge is 2.38. The van der Waals surface area contributed by atoms with Crippen LogP contribution in [-0.4, -0.2) is 82.3 Å². The standard InChI is InChI=1S/C14H21B2NO7/c15-11-3-7(9(5-18)22-11)21-6-10-8(4-12(16)23-10)24-14(20)2-1-13(17)19/h7-12,18H,1-6H2,(H2,17,19)/t7-,8-,9-,10-,11-,12-/m1/s1. The molecule has 0 unspecified atom stereocenters. The molecule has 4 radical (unpaired) electrons. The molecule has 0 bridgehead atoms. The fourth-order valence-corrected chi connectivity index (χ4v) is 2.77. The molecule has 2 fully saturated rings. The van der Waals surface area contributed by atoms with Gasteiger partial charge in [0.05, 0.1) is 25.7 Å². The number of aliphatic hydroxyl groups excluding tert-OH is 1. The summed E-state index contributed by atoms with van der Waals surface area (Å²) in [4.78, 5) is 22.4. The van der Waals surface area contributed by atoms with Gasteiger partial charge in [0.15, 0.2) is 0 Å². The number of ether oxygens (including phenoxy) is 4. The summed E-state index contributed by atoms with van der Waals surface area (Å²) in [5.41, 5.74) is 5.00. The maximum atomic E-state index is 11.7. The minimum atomic E-state index is -0.571. The van der Waals surface area contributed by atoms with Gasteiger partial charge in [-0.25, -0.2) is 0 Å². The molecule has 0 aliphatic carbocycles. The molecule has 3 N–H and O–H groups in total. The predicted molar refractivity (Wildman–Crippen MR) is 83.2 cm³/mol. The molecule has 2 saturated heterocycles. The van der Waals surface area contributed by atoms with Crippen LogP contribution in [0.1, 0.15) is 25.7 Å². The molecule has 2 heterocycles. The Morgan fingerprint density at radius 2 is 1.71 bits per heavy atom. The molecule has 24 heavy (non-hydrogen) atoms. The van der Waals surface area contributed by atoms with Crippen LogP contribution < -0.4 is 5.73 Å². The number of hydrogen-bond donors (Lipinski definition) is 2. The zero-order chi connectivity index (χ0) is 17.7. The summed E-state index contributed by atoms with van der Waals surface area (Å²) in [6.07, 6.45) is -1.34. The van der Waals surface area contributed by atoms with Crippen molar-refractivity contribution >= 4 is 27.6 Å². The van der Waals surface area contributed by atoms with Gasteiger partial charge in [0.25, 0.3) is 0 Å². The Labute approximate surface area is 143 Å². The second-order valence-corrected chi connectivity index (χ2v) is 5.95. The van der Waals surface area contributed by atoms with Crippen LogP contribution in [0.15, 0.2) is 0 Å². The molecule has 0 saturated carbocycles. The van der Waals surface area contributed by atoms with Crippen molar-refractivity contribution in [2.75, 3.05) is 13.2 Å². The summed E-state index contributed by atoms with van der Waals surface area (Å²) < 4.78 is 21.8. The van der Waals surface area contributed by atoms with Crippen LogP contribution in [0.3, 0.4) is 0 Å². The van der Waals surface area contributed by atoms with Crippen molar-refractivity contribution in [1.29, 1.82) is 0 Å². The van der Waals surface area contributed by atoms with E-state index in [2.05, 4.69) is 0 Å². The highest BCUT2D eigenvalue weighted by Crippen LogP contribution is 2.26. The van der Waals surface area contributed by atoms with Gasteiger partial charge in [-0.1, -0.05) is 0 Å². The molecule has 6 atom stereocenters. The van der Waals surface area contributed by atoms with E-state index in [9.17, 15) is 14.7 Å². The summed E-state index contributed by atoms with van der Waals surface area (Å²) in [5.74, 6) is -1.11. The number of esters is 1. The summed E-state index contributed by atoms with van der Waals surface area (Å²) in [5, 5.41) is 9.24. The highest BCUT2D eigenvalue weighted by molar-refractivity contribution is 6.11. The number of aliphatic hydroxyl groups is 1. The van der Waals surface area contributed by atoms with Crippen LogP contribution in [0, 0.1) is 0 Å². The van der Waals surface area contributed by atoms with Crippen molar-refractivity contribution in [3.63, 3.8) is 0 Å². The third-order valence-electron chi connectivity index (χ3n) is 3.97. The normalized spacial score (nSPS) is 35.9. The quantitative estimate of drug-likeness (QED) is 0.393. The van der Waals surface area contributed by atoms with Crippen molar-refractivity contribution in [2.24, 2.45) is 5.73 Å². The van der Waals surface area contributed by atoms with Crippen LogP contribution in [0.25, 0.3) is 0 Å². The van der Waals surface area contributed by atoms with E-state index in [-0.39, 0.29) is 32.2 Å². The molecule has 0 aromatic carbocycles. The third-order valence-corrected chi connectivity index (χ3v) is 3.97. The highest BCUT2D eigenvalue weighted by atomic mass is 16.6. The molecule has 8 nitrogen and oxygen atoms in total. The van der Waals surface area contributed by atoms with Crippen molar-refractivity contribution in [2.45, 2.75) is 62.1 Å². The first kappa shape index (κ1) is 19.2. The van der Waals surface area contributed by atoms with Crippen molar-refractivity contribution in [1.82, 2.24) is 0 Å². The second kappa shape index (κ2) is 8.84. The Balaban J connectivity index is 1.81. The Bertz CT molecular complexity index is 453. The first-order valence-corrected chi connectivity index (χ1v) is 7.91. The lowest BCUT2D eigenvalue weighted by Gasteiger charge is -2.23. The monoisotopic (exact) mass is 337 g/mol. The number of amides is 1. The van der Waals surface area contributed by atoms with E-state index >= 15 is 0 Å². The van der Waals surface area contributed by atoms with E-state index < -0.39 is 42.2 Å². The molecule has 2 aliphatic rings. The fourth-order valence-electron chi connectivity index (χ4n) is 2.77. The SMILES string of the molecule is [B][C@H]1C[C@@H](OC[C@H]2O[C@@H]([B])C[C@H]2OC(=O)CCC(N)=O)[C@@H](CO)O1. The molecular weight excluding hydrogens is 316 g/mol. The lowest BCUT2D eigenvalue weighted by Crippen LogP contribution is -2.36. The van der Waals surface area contributed by atoms with E-state index in [1.807, 2.05) is 0 Å². The minimum Gasteiger partial charge on any atom is -0.459 e. The maximum absolute atomic E-state index is 11.7. The van der Waals surface area contributed by atoms with Gasteiger partial charge in [0.1, 0.15) is 34.0 Å². The summed E-state index contributed by atoms with van der Waals surface area (Å²) >= 11 is 0. The molecule has 10 heteroatoms. The third kappa shape index (κ3) is 5.47. The average molecular weight is 337 g/mol. The van der Waals surface area contributed by atoms with Crippen LogP contribution in [0.2, 0.25) is 0 Å². The van der Waals surface area contributed by atoms with E-state index in [0.717, 1.165) is 0 Å². The van der Waals surface area contributed by atoms with E-state index in [0.29, 0.717) is 12.8 Å². The number of nitrogens with two attached hydrogens (primary N) is 1. The number of primary amides is 1. The summed E-state index contributed by atoms with van der Waals surface area (Å²) in [6.45, 7) is -0.0757. The van der Waals surface area contributed by atoms with Crippen LogP contribution in [0.5, 0.6) is 0 Å². The smallest absolute Gasteiger partial charge is 0.306 e. The number of carbonyl (C=O) groups excluding carboxylic acids is 2. The van der Waals surface area contributed by atoms with E-state index in [1.165, 1.54) is 0 Å². The lowest BCUT2D eigenvalue weighted by molar-refractivity contribution is -0.155. The molecule has 2 rings (SSSR count). The molecule has 1 amide bonds. The first-order chi connectivity index (χ1) is 11.4. The van der Waals surface area contributed by atoms with Crippen LogP contribution >= 0.6 is 0 Å². The number of carbonyl (C=O) groups is 2. The second-order valence-electron chi connectivity index (χ2n) is 5.95. The Morgan fingerprint density at radius 3 is 2.33 bits per heavy atom. The summed E-state index contributed by atoms with van der Waals surface area (Å²) in [7, 11) is 11.4. The van der Waals surface area contributed by atoms with Gasteiger partial charge >= 0.3 is 5.97 Å². The summed E-state index contributed by atoms with van der Waals surface area (Å²) in [6, 6.07) is -1.05. The van der Waals surface area contributed by atoms with Gasteiger partial charge in [0.2, 0.25) is 5.91 Å². The van der Waals surface area contributed by atoms with Gasteiger partial charge in [-0.3, -0.25) is 9.59 Å². The number of hydrogen-bond acceptors (Lipinski definition) is 7. The topological polar surface area (TPSA) is 117 Å². The average Bonchev–Trinajstić information content (AvgIpc) is 3.05. The van der Waals surface area contributed by atoms with Gasteiger partial charge in [0, 0.05) is 24.8 Å². The first-order valence-electron chi connectivity index (χ1n) is 7.91. The van der Waals surface area contributed by atoms with Gasteiger partial charge < -0.3 is 29.8 Å². The van der Waals surface area contributed by atoms with Crippen LogP contribution in [-0.2, 0) is 28.5 Å². The van der Waals surface area contributed by atoms with Gasteiger partial charge in [-0.15, -0.1) is 0 Å². The Morgan fingerprint density at radius 1 is 1.08 bits per heavy atom. The zero-order valence-corrected chi connectivity index (χ0v) is 13.3. The Hall–Kier alpha value is -1.09. The molecule has 0 aromatic rings. The molecule has 130 valence electrons. The lowest BCUT2D eigenvalue weighted by atomic mass is 9.95. The van der Waals surface area contributed by atoms with Gasteiger partial charge in [-0.05, 0) is 6.42 Å². The van der Waals surface area contributed by atoms with Crippen molar-refractivity contribution < 1.29 is 33.6 Å². The largest absolute Gasteiger partial charge is 0.459 e. The zero-order valence-electron chi connectivity index (χ0n) is 13.3. The van der Waals surface area contributed by atoms with Crippen molar-refractivity contribution in [3.05, 3.63) is 0 Å². The minimum absolute atomic E-state index is 0.0743. The van der Waals surface area contributed by atoms with E-state index in [1.54, 1.807) is 0 Å². The number of rotatable bonds is 8. The molecular formula is C14H21B2NO7. The molecule has 0 spiro atoms. The maximum Gasteiger partial charge on any atom is 0.306 e. The molecule has 0 aromatic heterocycles. The Kier molecular flexibility index (Phi) is 7.09. The van der Waals surface area contributed by atoms with Gasteiger partial charge in [-0.2, -0.15) is 0 Å². The van der Waals surface area contributed by atoms with Crippen LogP contribution in [0.4, 0.5) is 0 Å². The predicted octanol–water partition coefficient (Wildman–Crippen LogP) is -1.89. The van der Waals surface area contributed by atoms with E-state index in [4.69, 9.17) is 40.4 Å². The molecule has 2 aliphatic heterocycles. The fraction of sp³-hybridized carbons (Fsp3) is 0.857. The van der Waals surface area contributed by atoms with Crippen molar-refractivity contribution in [3.8, 4) is 0 Å².